The van der Waals surface area contributed by atoms with E-state index in [9.17, 15) is 8.42 Å². The number of sulfone groups is 1. The van der Waals surface area contributed by atoms with E-state index in [1.165, 1.54) is 11.2 Å². The van der Waals surface area contributed by atoms with Crippen LogP contribution in [-0.2, 0) is 9.84 Å². The Hall–Kier alpha value is -0.0400. The van der Waals surface area contributed by atoms with Gasteiger partial charge in [0, 0.05) is 27.4 Å². The van der Waals surface area contributed by atoms with Gasteiger partial charge in [0.1, 0.15) is 9.84 Å². The van der Waals surface area contributed by atoms with Crippen LogP contribution in [0.4, 0.5) is 0 Å². The molecule has 0 saturated heterocycles. The Kier molecular flexibility index (Phi) is 8.17. The van der Waals surface area contributed by atoms with E-state index in [-0.39, 0.29) is 11.8 Å². The van der Waals surface area contributed by atoms with Crippen molar-refractivity contribution in [1.29, 1.82) is 0 Å². The second-order valence-corrected chi connectivity index (χ2v) is 8.99. The SMILES string of the molecule is CCCNC(CCS(C)(=O)=O)CSc1ccccc1Br. The lowest BCUT2D eigenvalue weighted by Crippen LogP contribution is -2.33. The van der Waals surface area contributed by atoms with Gasteiger partial charge in [-0.25, -0.2) is 8.42 Å². The maximum atomic E-state index is 11.3. The first-order chi connectivity index (χ1) is 9.42. The molecular weight excluding hydrogens is 358 g/mol. The molecule has 0 spiro atoms. The molecule has 3 nitrogen and oxygen atoms in total. The van der Waals surface area contributed by atoms with E-state index in [2.05, 4.69) is 34.2 Å². The Morgan fingerprint density at radius 2 is 2.05 bits per heavy atom. The molecule has 1 aromatic rings. The quantitative estimate of drug-likeness (QED) is 0.668. The summed E-state index contributed by atoms with van der Waals surface area (Å²) in [5.41, 5.74) is 0. The maximum absolute atomic E-state index is 11.3. The van der Waals surface area contributed by atoms with Crippen LogP contribution in [0, 0.1) is 0 Å². The third-order valence-electron chi connectivity index (χ3n) is 2.80. The Morgan fingerprint density at radius 3 is 2.65 bits per heavy atom. The molecular formula is C14H22BrNO2S2. The van der Waals surface area contributed by atoms with Gasteiger partial charge in [0.15, 0.2) is 0 Å². The minimum Gasteiger partial charge on any atom is -0.313 e. The minimum atomic E-state index is -2.89. The van der Waals surface area contributed by atoms with Crippen LogP contribution < -0.4 is 5.32 Å². The topological polar surface area (TPSA) is 46.2 Å². The van der Waals surface area contributed by atoms with E-state index in [4.69, 9.17) is 0 Å². The number of rotatable bonds is 9. The first-order valence-electron chi connectivity index (χ1n) is 6.71. The molecule has 0 saturated carbocycles. The van der Waals surface area contributed by atoms with E-state index in [1.807, 2.05) is 18.2 Å². The Morgan fingerprint density at radius 1 is 1.35 bits per heavy atom. The Balaban J connectivity index is 2.53. The average molecular weight is 380 g/mol. The molecule has 20 heavy (non-hydrogen) atoms. The van der Waals surface area contributed by atoms with Gasteiger partial charge in [0.25, 0.3) is 0 Å². The number of hydrogen-bond acceptors (Lipinski definition) is 4. The summed E-state index contributed by atoms with van der Waals surface area (Å²) >= 11 is 5.28. The monoisotopic (exact) mass is 379 g/mol. The smallest absolute Gasteiger partial charge is 0.147 e. The van der Waals surface area contributed by atoms with Crippen LogP contribution in [0.2, 0.25) is 0 Å². The van der Waals surface area contributed by atoms with Crippen molar-refractivity contribution in [3.63, 3.8) is 0 Å². The van der Waals surface area contributed by atoms with Crippen molar-refractivity contribution in [2.45, 2.75) is 30.7 Å². The van der Waals surface area contributed by atoms with E-state index in [0.717, 1.165) is 23.2 Å². The summed E-state index contributed by atoms with van der Waals surface area (Å²) in [6.45, 7) is 3.03. The van der Waals surface area contributed by atoms with Gasteiger partial charge in [-0.2, -0.15) is 0 Å². The molecule has 0 amide bonds. The highest BCUT2D eigenvalue weighted by Gasteiger charge is 2.13. The van der Waals surface area contributed by atoms with Crippen molar-refractivity contribution in [1.82, 2.24) is 5.32 Å². The van der Waals surface area contributed by atoms with E-state index >= 15 is 0 Å². The lowest BCUT2D eigenvalue weighted by Gasteiger charge is -2.18. The van der Waals surface area contributed by atoms with Crippen molar-refractivity contribution in [3.8, 4) is 0 Å². The molecule has 0 radical (unpaired) electrons. The van der Waals surface area contributed by atoms with Gasteiger partial charge in [-0.15, -0.1) is 11.8 Å². The van der Waals surface area contributed by atoms with Crippen LogP contribution in [-0.4, -0.2) is 38.8 Å². The lowest BCUT2D eigenvalue weighted by molar-refractivity contribution is 0.532. The first-order valence-corrected chi connectivity index (χ1v) is 10.5. The molecule has 1 rings (SSSR count). The molecule has 114 valence electrons. The number of nitrogens with one attached hydrogen (secondary N) is 1. The molecule has 1 unspecified atom stereocenters. The Labute approximate surface area is 135 Å². The highest BCUT2D eigenvalue weighted by Crippen LogP contribution is 2.27. The summed E-state index contributed by atoms with van der Waals surface area (Å²) < 4.78 is 23.7. The fraction of sp³-hybridized carbons (Fsp3) is 0.571. The maximum Gasteiger partial charge on any atom is 0.147 e. The van der Waals surface area contributed by atoms with Gasteiger partial charge in [-0.05, 0) is 47.4 Å². The molecule has 1 N–H and O–H groups in total. The second-order valence-electron chi connectivity index (χ2n) is 4.81. The summed E-state index contributed by atoms with van der Waals surface area (Å²) in [6.07, 6.45) is 3.01. The number of hydrogen-bond donors (Lipinski definition) is 1. The van der Waals surface area contributed by atoms with Crippen molar-refractivity contribution >= 4 is 37.5 Å². The predicted molar refractivity (Wildman–Crippen MR) is 91.3 cm³/mol. The van der Waals surface area contributed by atoms with Crippen LogP contribution in [0.1, 0.15) is 19.8 Å². The molecule has 0 fully saturated rings. The fourth-order valence-corrected chi connectivity index (χ4v) is 4.09. The summed E-state index contributed by atoms with van der Waals surface area (Å²) in [7, 11) is -2.89. The van der Waals surface area contributed by atoms with Gasteiger partial charge in [-0.1, -0.05) is 19.1 Å². The van der Waals surface area contributed by atoms with E-state index < -0.39 is 9.84 Å². The highest BCUT2D eigenvalue weighted by atomic mass is 79.9. The molecule has 1 atom stereocenters. The normalized spacial score (nSPS) is 13.3. The standard InChI is InChI=1S/C14H22BrNO2S2/c1-3-9-16-12(8-10-20(2,17)18)11-19-14-7-5-4-6-13(14)15/h4-7,12,16H,3,8-11H2,1-2H3. The number of thioether (sulfide) groups is 1. The van der Waals surface area contributed by atoms with Crippen LogP contribution in [0.25, 0.3) is 0 Å². The van der Waals surface area contributed by atoms with E-state index in [0.29, 0.717) is 6.42 Å². The molecule has 6 heteroatoms. The molecule has 0 aliphatic rings. The minimum absolute atomic E-state index is 0.224. The van der Waals surface area contributed by atoms with Crippen LogP contribution in [0.3, 0.4) is 0 Å². The molecule has 1 aromatic carbocycles. The third kappa shape index (κ3) is 7.67. The van der Waals surface area contributed by atoms with Gasteiger partial charge in [0.2, 0.25) is 0 Å². The summed E-state index contributed by atoms with van der Waals surface area (Å²) in [5, 5.41) is 3.43. The van der Waals surface area contributed by atoms with Crippen molar-refractivity contribution < 1.29 is 8.42 Å². The lowest BCUT2D eigenvalue weighted by atomic mass is 10.2. The molecule has 0 aliphatic carbocycles. The van der Waals surface area contributed by atoms with Gasteiger partial charge < -0.3 is 5.32 Å². The first kappa shape index (κ1) is 18.0. The van der Waals surface area contributed by atoms with Crippen LogP contribution >= 0.6 is 27.7 Å². The third-order valence-corrected chi connectivity index (χ3v) is 5.96. The Bertz CT molecular complexity index is 506. The van der Waals surface area contributed by atoms with Gasteiger partial charge in [-0.3, -0.25) is 0 Å². The summed E-state index contributed by atoms with van der Waals surface area (Å²) in [4.78, 5) is 1.19. The van der Waals surface area contributed by atoms with Crippen molar-refractivity contribution in [2.75, 3.05) is 24.3 Å². The largest absolute Gasteiger partial charge is 0.313 e. The number of benzene rings is 1. The zero-order valence-corrected chi connectivity index (χ0v) is 15.2. The summed E-state index contributed by atoms with van der Waals surface area (Å²) in [5.74, 6) is 1.11. The fourth-order valence-electron chi connectivity index (χ4n) is 1.70. The van der Waals surface area contributed by atoms with Crippen LogP contribution in [0.15, 0.2) is 33.6 Å². The zero-order valence-electron chi connectivity index (χ0n) is 11.9. The molecule has 0 heterocycles. The molecule has 0 aliphatic heterocycles. The van der Waals surface area contributed by atoms with Crippen molar-refractivity contribution in [2.24, 2.45) is 0 Å². The summed E-state index contributed by atoms with van der Waals surface area (Å²) in [6, 6.07) is 8.32. The molecule has 0 aromatic heterocycles. The van der Waals surface area contributed by atoms with Crippen LogP contribution in [0.5, 0.6) is 0 Å². The van der Waals surface area contributed by atoms with Gasteiger partial charge in [0.05, 0.1) is 5.75 Å². The second kappa shape index (κ2) is 9.07. The average Bonchev–Trinajstić information content (AvgIpc) is 2.38. The number of halogens is 1. The van der Waals surface area contributed by atoms with E-state index in [1.54, 1.807) is 11.8 Å². The molecule has 0 bridgehead atoms. The van der Waals surface area contributed by atoms with Crippen molar-refractivity contribution in [3.05, 3.63) is 28.7 Å². The highest BCUT2D eigenvalue weighted by molar-refractivity contribution is 9.10. The van der Waals surface area contributed by atoms with Gasteiger partial charge >= 0.3 is 0 Å². The predicted octanol–water partition coefficient (Wildman–Crippen LogP) is 3.34. The zero-order chi connectivity index (χ0) is 15.0.